The average molecular weight is 651 g/mol. The Kier molecular flexibility index (Phi) is 11.0. The summed E-state index contributed by atoms with van der Waals surface area (Å²) in [6.45, 7) is 0.524. The molecule has 1 amide bonds. The topological polar surface area (TPSA) is 178 Å². The van der Waals surface area contributed by atoms with E-state index in [1.54, 1.807) is 54.6 Å². The van der Waals surface area contributed by atoms with Crippen LogP contribution in [0.2, 0.25) is 5.02 Å². The van der Waals surface area contributed by atoms with E-state index in [1.807, 2.05) is 42.5 Å². The van der Waals surface area contributed by atoms with Gasteiger partial charge in [0.2, 0.25) is 5.90 Å². The number of aliphatic hydroxyl groups is 1. The van der Waals surface area contributed by atoms with Gasteiger partial charge < -0.3 is 19.9 Å². The Labute approximate surface area is 275 Å². The summed E-state index contributed by atoms with van der Waals surface area (Å²) in [7, 11) is 0. The molecule has 0 bridgehead atoms. The summed E-state index contributed by atoms with van der Waals surface area (Å²) in [6.07, 6.45) is -0.478. The van der Waals surface area contributed by atoms with Gasteiger partial charge in [-0.25, -0.2) is 4.99 Å². The van der Waals surface area contributed by atoms with Gasteiger partial charge in [-0.2, -0.15) is 0 Å². The van der Waals surface area contributed by atoms with Crippen molar-refractivity contribution in [3.8, 4) is 5.75 Å². The molecule has 0 fully saturated rings. The molecule has 0 radical (unpaired) electrons. The number of rotatable bonds is 14. The van der Waals surface area contributed by atoms with Crippen molar-refractivity contribution >= 4 is 29.1 Å². The van der Waals surface area contributed by atoms with Gasteiger partial charge in [0.15, 0.2) is 11.6 Å². The predicted octanol–water partition coefficient (Wildman–Crippen LogP) is 7.67. The normalized spacial score (nSPS) is 16.6. The Balaban J connectivity index is 1.65. The molecule has 47 heavy (non-hydrogen) atoms. The molecule has 13 heteroatoms. The first-order valence-corrected chi connectivity index (χ1v) is 15.2. The molecule has 0 spiro atoms. The fraction of sp³-hybridized carbons (Fsp3) is 0.235. The molecule has 0 saturated carbocycles. The third-order valence-corrected chi connectivity index (χ3v) is 8.04. The number of hydrogen-bond donors (Lipinski definition) is 2. The summed E-state index contributed by atoms with van der Waals surface area (Å²) >= 11 is 6.42. The van der Waals surface area contributed by atoms with Crippen LogP contribution in [0, 0.1) is 0 Å². The summed E-state index contributed by atoms with van der Waals surface area (Å²) in [5, 5.41) is 20.3. The van der Waals surface area contributed by atoms with Crippen LogP contribution in [0.5, 0.6) is 5.75 Å². The molecule has 4 aromatic rings. The van der Waals surface area contributed by atoms with Gasteiger partial charge in [-0.15, -0.1) is 0 Å². The number of aliphatic hydroxyl groups excluding tert-OH is 1. The first-order valence-electron chi connectivity index (χ1n) is 14.8. The van der Waals surface area contributed by atoms with Crippen LogP contribution >= 0.6 is 11.6 Å². The van der Waals surface area contributed by atoms with Crippen molar-refractivity contribution in [3.05, 3.63) is 151 Å². The zero-order chi connectivity index (χ0) is 33.1. The molecule has 0 aromatic heterocycles. The predicted molar refractivity (Wildman–Crippen MR) is 178 cm³/mol. The molecule has 12 nitrogen and oxygen atoms in total. The van der Waals surface area contributed by atoms with Gasteiger partial charge in [-0.3, -0.25) is 4.79 Å². The molecule has 0 aliphatic carbocycles. The van der Waals surface area contributed by atoms with E-state index in [2.05, 4.69) is 25.4 Å². The Hall–Kier alpha value is -5.51. The van der Waals surface area contributed by atoms with E-state index in [0.717, 1.165) is 0 Å². The molecule has 2 atom stereocenters. The van der Waals surface area contributed by atoms with Crippen molar-refractivity contribution in [2.45, 2.75) is 37.6 Å². The van der Waals surface area contributed by atoms with E-state index in [9.17, 15) is 10.3 Å². The summed E-state index contributed by atoms with van der Waals surface area (Å²) < 4.78 is 12.3. The summed E-state index contributed by atoms with van der Waals surface area (Å²) in [6, 6.07) is 28.5. The lowest BCUT2D eigenvalue weighted by molar-refractivity contribution is -0.129. The van der Waals surface area contributed by atoms with E-state index in [-0.39, 0.29) is 32.0 Å². The molecule has 238 valence electrons. The third kappa shape index (κ3) is 7.66. The smallest absolute Gasteiger partial charge is 0.252 e. The van der Waals surface area contributed by atoms with Crippen molar-refractivity contribution < 1.29 is 19.4 Å². The summed E-state index contributed by atoms with van der Waals surface area (Å²) in [5.41, 5.74) is 20.3. The van der Waals surface area contributed by atoms with Crippen LogP contribution in [0.3, 0.4) is 0 Å². The number of amides is 1. The molecule has 1 heterocycles. The van der Waals surface area contributed by atoms with E-state index >= 15 is 0 Å². The molecule has 0 saturated heterocycles. The maximum atomic E-state index is 14.6. The highest BCUT2D eigenvalue weighted by molar-refractivity contribution is 6.31. The van der Waals surface area contributed by atoms with Crippen LogP contribution in [-0.4, -0.2) is 35.7 Å². The molecule has 5 rings (SSSR count). The number of nitrogens with zero attached hydrogens (tertiary/aromatic N) is 7. The molecule has 1 aliphatic heterocycles. The Morgan fingerprint density at radius 2 is 1.66 bits per heavy atom. The Bertz CT molecular complexity index is 1860. The van der Waals surface area contributed by atoms with Crippen LogP contribution in [-0.2, 0) is 29.0 Å². The SMILES string of the molecule is [N-]=[N+]=NCc1ccccc1[C@H]1OC(c2ccc(OCCCO)cc2)=N[C@@]1(Cc1ccccc1N=[N+]=[N-])C(=O)NCc1ccccc1Cl. The van der Waals surface area contributed by atoms with Gasteiger partial charge in [-0.05, 0) is 63.6 Å². The number of ether oxygens (including phenoxy) is 2. The van der Waals surface area contributed by atoms with Crippen LogP contribution in [0.25, 0.3) is 20.9 Å². The molecule has 0 unspecified atom stereocenters. The number of nitrogens with one attached hydrogen (secondary N) is 1. The molecular formula is C34H31ClN8O4. The fourth-order valence-corrected chi connectivity index (χ4v) is 5.57. The largest absolute Gasteiger partial charge is 0.494 e. The lowest BCUT2D eigenvalue weighted by Gasteiger charge is -2.32. The van der Waals surface area contributed by atoms with Gasteiger partial charge in [0.05, 0.1) is 13.2 Å². The maximum absolute atomic E-state index is 14.6. The Morgan fingerprint density at radius 3 is 2.38 bits per heavy atom. The second-order valence-electron chi connectivity index (χ2n) is 10.6. The fourth-order valence-electron chi connectivity index (χ4n) is 5.37. The van der Waals surface area contributed by atoms with E-state index in [4.69, 9.17) is 36.7 Å². The second kappa shape index (κ2) is 15.7. The van der Waals surface area contributed by atoms with Crippen LogP contribution in [0.4, 0.5) is 5.69 Å². The zero-order valence-corrected chi connectivity index (χ0v) is 26.0. The maximum Gasteiger partial charge on any atom is 0.252 e. The van der Waals surface area contributed by atoms with Crippen LogP contribution in [0.1, 0.15) is 40.3 Å². The summed E-state index contributed by atoms with van der Waals surface area (Å²) in [4.78, 5) is 25.6. The highest BCUT2D eigenvalue weighted by Crippen LogP contribution is 2.45. The highest BCUT2D eigenvalue weighted by Gasteiger charge is 2.54. The minimum atomic E-state index is -1.61. The molecular weight excluding hydrogens is 620 g/mol. The minimum Gasteiger partial charge on any atom is -0.494 e. The first-order chi connectivity index (χ1) is 23.0. The van der Waals surface area contributed by atoms with Crippen LogP contribution in [0.15, 0.2) is 112 Å². The monoisotopic (exact) mass is 650 g/mol. The lowest BCUT2D eigenvalue weighted by atomic mass is 9.80. The van der Waals surface area contributed by atoms with Crippen molar-refractivity contribution in [3.63, 3.8) is 0 Å². The van der Waals surface area contributed by atoms with Crippen molar-refractivity contribution in [1.82, 2.24) is 5.32 Å². The van der Waals surface area contributed by atoms with E-state index < -0.39 is 17.6 Å². The summed E-state index contributed by atoms with van der Waals surface area (Å²) in [5.74, 6) is 0.365. The number of aliphatic imine (C=N–C) groups is 1. The molecule has 1 aliphatic rings. The Morgan fingerprint density at radius 1 is 0.957 bits per heavy atom. The standard InChI is InChI=1S/C34H31ClN8O4/c35-29-12-5-2-10-26(29)21-38-33(45)34(20-24-8-3-6-13-30(24)41-43-37)31(28-11-4-1-9-25(28)22-39-42-36)47-32(40-34)23-14-16-27(17-15-23)46-19-7-18-44/h1-6,8-17,31,44H,7,18-22H2,(H,38,45)/t31-,34-/m1/s1. The third-order valence-electron chi connectivity index (χ3n) is 7.67. The van der Waals surface area contributed by atoms with E-state index in [1.165, 1.54) is 0 Å². The molecule has 2 N–H and O–H groups in total. The van der Waals surface area contributed by atoms with Crippen molar-refractivity contribution in [2.24, 2.45) is 15.2 Å². The number of azide groups is 2. The van der Waals surface area contributed by atoms with Crippen molar-refractivity contribution in [1.29, 1.82) is 0 Å². The second-order valence-corrected chi connectivity index (χ2v) is 11.1. The number of benzene rings is 4. The number of hydrogen-bond acceptors (Lipinski definition) is 7. The van der Waals surface area contributed by atoms with Gasteiger partial charge in [-0.1, -0.05) is 88.6 Å². The van der Waals surface area contributed by atoms with Crippen LogP contribution < -0.4 is 10.1 Å². The van der Waals surface area contributed by atoms with Crippen molar-refractivity contribution in [2.75, 3.05) is 13.2 Å². The lowest BCUT2D eigenvalue weighted by Crippen LogP contribution is -2.50. The van der Waals surface area contributed by atoms with Gasteiger partial charge in [0.1, 0.15) is 5.75 Å². The van der Waals surface area contributed by atoms with E-state index in [0.29, 0.717) is 57.3 Å². The first kappa shape index (κ1) is 32.9. The number of halogens is 1. The van der Waals surface area contributed by atoms with Gasteiger partial charge >= 0.3 is 0 Å². The highest BCUT2D eigenvalue weighted by atomic mass is 35.5. The number of carbonyl (C=O) groups excluding carboxylic acids is 1. The molecule has 4 aromatic carbocycles. The van der Waals surface area contributed by atoms with Gasteiger partial charge in [0.25, 0.3) is 5.91 Å². The zero-order valence-electron chi connectivity index (χ0n) is 25.2. The minimum absolute atomic E-state index is 0.00290. The average Bonchev–Trinajstić information content (AvgIpc) is 3.48. The number of carbonyl (C=O) groups is 1. The quantitative estimate of drug-likeness (QED) is 0.0616. The van der Waals surface area contributed by atoms with Gasteiger partial charge in [0, 0.05) is 52.1 Å².